The van der Waals surface area contributed by atoms with Gasteiger partial charge in [-0.05, 0) is 29.2 Å². The normalized spacial score (nSPS) is 12.6. The van der Waals surface area contributed by atoms with E-state index < -0.39 is 30.1 Å². The van der Waals surface area contributed by atoms with Crippen LogP contribution in [0.4, 0.5) is 4.79 Å². The molecule has 0 radical (unpaired) electrons. The number of carbonyl (C=O) groups is 3. The third-order valence-electron chi connectivity index (χ3n) is 4.68. The maximum atomic E-state index is 12.9. The molecule has 0 spiro atoms. The topological polar surface area (TPSA) is 93.7 Å². The summed E-state index contributed by atoms with van der Waals surface area (Å²) in [6, 6.07) is 12.1. The number of methoxy groups -OCH3 is 1. The molecular weight excluding hydrogens is 455 g/mol. The Balaban J connectivity index is 2.05. The van der Waals surface area contributed by atoms with E-state index in [1.54, 1.807) is 32.0 Å². The van der Waals surface area contributed by atoms with Crippen molar-refractivity contribution in [1.82, 2.24) is 10.6 Å². The molecule has 0 fully saturated rings. The summed E-state index contributed by atoms with van der Waals surface area (Å²) in [6.07, 6.45) is -0.643. The minimum absolute atomic E-state index is 0.0684. The van der Waals surface area contributed by atoms with Crippen LogP contribution >= 0.6 is 23.2 Å². The number of alkyl carbamates (subject to hydrolysis) is 1. The van der Waals surface area contributed by atoms with Gasteiger partial charge in [-0.15, -0.1) is 0 Å². The molecule has 0 bridgehead atoms. The molecule has 2 aromatic carbocycles. The molecule has 0 unspecified atom stereocenters. The summed E-state index contributed by atoms with van der Waals surface area (Å²) in [6.45, 7) is 3.61. The van der Waals surface area contributed by atoms with Gasteiger partial charge in [0.25, 0.3) is 0 Å². The number of rotatable bonds is 9. The van der Waals surface area contributed by atoms with Crippen LogP contribution in [-0.2, 0) is 32.1 Å². The minimum Gasteiger partial charge on any atom is -0.467 e. The monoisotopic (exact) mass is 480 g/mol. The van der Waals surface area contributed by atoms with E-state index in [-0.39, 0.29) is 18.9 Å². The van der Waals surface area contributed by atoms with Crippen molar-refractivity contribution in [2.45, 2.75) is 39.0 Å². The highest BCUT2D eigenvalue weighted by Gasteiger charge is 2.30. The number of amides is 2. The predicted molar refractivity (Wildman–Crippen MR) is 123 cm³/mol. The molecule has 2 amide bonds. The first-order valence-electron chi connectivity index (χ1n) is 10.0. The van der Waals surface area contributed by atoms with Gasteiger partial charge in [0.1, 0.15) is 18.7 Å². The summed E-state index contributed by atoms with van der Waals surface area (Å²) in [5, 5.41) is 6.02. The fourth-order valence-corrected chi connectivity index (χ4v) is 3.42. The highest BCUT2D eigenvalue weighted by atomic mass is 35.5. The number of carbonyl (C=O) groups excluding carboxylic acids is 3. The van der Waals surface area contributed by atoms with Crippen molar-refractivity contribution in [2.24, 2.45) is 5.92 Å². The second-order valence-electron chi connectivity index (χ2n) is 7.45. The Bertz CT molecular complexity index is 937. The van der Waals surface area contributed by atoms with E-state index in [1.165, 1.54) is 7.11 Å². The molecular formula is C23H26Cl2N2O5. The highest BCUT2D eigenvalue weighted by molar-refractivity contribution is 6.35. The summed E-state index contributed by atoms with van der Waals surface area (Å²) in [7, 11) is 1.23. The summed E-state index contributed by atoms with van der Waals surface area (Å²) in [5.41, 5.74) is 1.43. The van der Waals surface area contributed by atoms with Crippen LogP contribution in [0.2, 0.25) is 10.0 Å². The van der Waals surface area contributed by atoms with Gasteiger partial charge in [0.2, 0.25) is 5.91 Å². The van der Waals surface area contributed by atoms with Crippen LogP contribution in [0.15, 0.2) is 48.5 Å². The Morgan fingerprint density at radius 2 is 1.69 bits per heavy atom. The molecule has 7 nitrogen and oxygen atoms in total. The zero-order chi connectivity index (χ0) is 23.7. The number of esters is 1. The molecule has 2 rings (SSSR count). The van der Waals surface area contributed by atoms with Gasteiger partial charge in [0.15, 0.2) is 0 Å². The van der Waals surface area contributed by atoms with Gasteiger partial charge < -0.3 is 20.1 Å². The first kappa shape index (κ1) is 25.5. The molecule has 0 aliphatic rings. The van der Waals surface area contributed by atoms with Crippen LogP contribution in [-0.4, -0.2) is 37.2 Å². The average Bonchev–Trinajstić information content (AvgIpc) is 2.77. The van der Waals surface area contributed by atoms with E-state index in [2.05, 4.69) is 10.6 Å². The van der Waals surface area contributed by atoms with E-state index in [9.17, 15) is 14.4 Å². The van der Waals surface area contributed by atoms with Crippen LogP contribution in [0.3, 0.4) is 0 Å². The fourth-order valence-electron chi connectivity index (χ4n) is 2.93. The number of nitrogens with one attached hydrogen (secondary N) is 2. The van der Waals surface area contributed by atoms with E-state index in [0.717, 1.165) is 5.56 Å². The quantitative estimate of drug-likeness (QED) is 0.525. The Kier molecular flexibility index (Phi) is 9.81. The van der Waals surface area contributed by atoms with E-state index in [1.807, 2.05) is 30.3 Å². The molecule has 9 heteroatoms. The van der Waals surface area contributed by atoms with Crippen LogP contribution in [0.5, 0.6) is 0 Å². The smallest absolute Gasteiger partial charge is 0.408 e. The standard InChI is InChI=1S/C23H26Cl2N2O5/c1-14(2)20(27-23(30)32-13-15-7-5-4-6-8-15)21(28)26-19(22(29)31-3)11-16-9-10-17(24)12-18(16)25/h4-10,12,14,19-20H,11,13H2,1-3H3,(H,26,28)(H,27,30)/t19-,20-/m0/s1. The van der Waals surface area contributed by atoms with Crippen LogP contribution in [0.1, 0.15) is 25.0 Å². The lowest BCUT2D eigenvalue weighted by Gasteiger charge is -2.24. The van der Waals surface area contributed by atoms with Gasteiger partial charge in [-0.25, -0.2) is 9.59 Å². The van der Waals surface area contributed by atoms with Gasteiger partial charge in [-0.2, -0.15) is 0 Å². The first-order valence-corrected chi connectivity index (χ1v) is 10.8. The van der Waals surface area contributed by atoms with Gasteiger partial charge in [0, 0.05) is 16.5 Å². The molecule has 172 valence electrons. The highest BCUT2D eigenvalue weighted by Crippen LogP contribution is 2.22. The Morgan fingerprint density at radius 1 is 1.00 bits per heavy atom. The average molecular weight is 481 g/mol. The van der Waals surface area contributed by atoms with Crippen molar-refractivity contribution >= 4 is 41.2 Å². The van der Waals surface area contributed by atoms with Gasteiger partial charge >= 0.3 is 12.1 Å². The number of hydrogen-bond acceptors (Lipinski definition) is 5. The first-order chi connectivity index (χ1) is 15.2. The van der Waals surface area contributed by atoms with E-state index >= 15 is 0 Å². The molecule has 2 aromatic rings. The molecule has 0 heterocycles. The third kappa shape index (κ3) is 7.73. The summed E-state index contributed by atoms with van der Waals surface area (Å²) < 4.78 is 10.0. The largest absolute Gasteiger partial charge is 0.467 e. The van der Waals surface area contributed by atoms with Gasteiger partial charge in [0.05, 0.1) is 7.11 Å². The van der Waals surface area contributed by atoms with Crippen molar-refractivity contribution in [3.05, 3.63) is 69.7 Å². The maximum absolute atomic E-state index is 12.9. The third-order valence-corrected chi connectivity index (χ3v) is 5.26. The molecule has 2 N–H and O–H groups in total. The van der Waals surface area contributed by atoms with Gasteiger partial charge in [-0.1, -0.05) is 73.4 Å². The zero-order valence-corrected chi connectivity index (χ0v) is 19.6. The molecule has 0 saturated carbocycles. The minimum atomic E-state index is -1.01. The SMILES string of the molecule is COC(=O)[C@H](Cc1ccc(Cl)cc1Cl)NC(=O)[C@@H](NC(=O)OCc1ccccc1)C(C)C. The molecule has 0 saturated heterocycles. The van der Waals surface area contributed by atoms with Crippen molar-refractivity contribution in [3.8, 4) is 0 Å². The number of benzene rings is 2. The van der Waals surface area contributed by atoms with Gasteiger partial charge in [-0.3, -0.25) is 4.79 Å². The van der Waals surface area contributed by atoms with E-state index in [0.29, 0.717) is 15.6 Å². The molecule has 0 aliphatic carbocycles. The van der Waals surface area contributed by atoms with E-state index in [4.69, 9.17) is 32.7 Å². The molecule has 0 aromatic heterocycles. The summed E-state index contributed by atoms with van der Waals surface area (Å²) >= 11 is 12.1. The summed E-state index contributed by atoms with van der Waals surface area (Å²) in [4.78, 5) is 37.4. The number of halogens is 2. The van der Waals surface area contributed by atoms with Crippen LogP contribution in [0.25, 0.3) is 0 Å². The predicted octanol–water partition coefficient (Wildman–Crippen LogP) is 4.14. The Hall–Kier alpha value is -2.77. The zero-order valence-electron chi connectivity index (χ0n) is 18.1. The second-order valence-corrected chi connectivity index (χ2v) is 8.30. The van der Waals surface area contributed by atoms with Crippen molar-refractivity contribution in [1.29, 1.82) is 0 Å². The Morgan fingerprint density at radius 3 is 2.28 bits per heavy atom. The molecule has 32 heavy (non-hydrogen) atoms. The van der Waals surface area contributed by atoms with Crippen molar-refractivity contribution < 1.29 is 23.9 Å². The summed E-state index contributed by atoms with van der Waals surface area (Å²) in [5.74, 6) is -1.45. The number of hydrogen-bond donors (Lipinski definition) is 2. The lowest BCUT2D eigenvalue weighted by molar-refractivity contribution is -0.145. The number of ether oxygens (including phenoxy) is 2. The molecule has 0 aliphatic heterocycles. The van der Waals surface area contributed by atoms with Crippen molar-refractivity contribution in [2.75, 3.05) is 7.11 Å². The lowest BCUT2D eigenvalue weighted by atomic mass is 10.0. The maximum Gasteiger partial charge on any atom is 0.408 e. The van der Waals surface area contributed by atoms with Crippen molar-refractivity contribution in [3.63, 3.8) is 0 Å². The lowest BCUT2D eigenvalue weighted by Crippen LogP contribution is -2.54. The Labute approximate surface area is 197 Å². The second kappa shape index (κ2) is 12.3. The van der Waals surface area contributed by atoms with Crippen LogP contribution in [0, 0.1) is 5.92 Å². The fraction of sp³-hybridized carbons (Fsp3) is 0.348. The van der Waals surface area contributed by atoms with Crippen LogP contribution < -0.4 is 10.6 Å². The molecule has 2 atom stereocenters.